The number of oxime groups is 1. The summed E-state index contributed by atoms with van der Waals surface area (Å²) in [7, 11) is -3.56. The molecule has 131 valence electrons. The van der Waals surface area contributed by atoms with Gasteiger partial charge in [0.25, 0.3) is 5.91 Å². The second kappa shape index (κ2) is 9.15. The van der Waals surface area contributed by atoms with Gasteiger partial charge >= 0.3 is 16.4 Å². The summed E-state index contributed by atoms with van der Waals surface area (Å²) in [5.74, 6) is -1.01. The van der Waals surface area contributed by atoms with Crippen molar-refractivity contribution in [1.29, 1.82) is 0 Å². The summed E-state index contributed by atoms with van der Waals surface area (Å²) >= 11 is 0. The number of alkyl carbamates (subject to hydrolysis) is 1. The first-order chi connectivity index (χ1) is 11.3. The molecule has 0 bridgehead atoms. The molecule has 12 heteroatoms. The standard InChI is InChI=1S/C13H15N3O7S.Na/c1-22-14-7-10-11(12(17)16(10)24(19,20)21)15-13(18)23-8-9-5-3-2-4-6-9;/h2-7,10-11H,8H2,1H3,(H,15,18)(H,19,20,21);/t10-,11+;/m1./s1. The molecule has 2 atom stereocenters. The van der Waals surface area contributed by atoms with Gasteiger partial charge in [0.2, 0.25) is 0 Å². The Morgan fingerprint density at radius 1 is 1.40 bits per heavy atom. The number of rotatable bonds is 6. The van der Waals surface area contributed by atoms with Crippen molar-refractivity contribution < 1.29 is 32.1 Å². The number of hydrogen-bond donors (Lipinski definition) is 2. The Bertz CT molecular complexity index is 741. The van der Waals surface area contributed by atoms with Crippen molar-refractivity contribution in [1.82, 2.24) is 9.62 Å². The Morgan fingerprint density at radius 2 is 2.04 bits per heavy atom. The Hall–Kier alpha value is -1.66. The zero-order chi connectivity index (χ0) is 17.7. The van der Waals surface area contributed by atoms with Gasteiger partial charge in [0.15, 0.2) is 0 Å². The van der Waals surface area contributed by atoms with Gasteiger partial charge in [0, 0.05) is 29.6 Å². The maximum Gasteiger partial charge on any atom is 0.408 e. The van der Waals surface area contributed by atoms with Crippen LogP contribution in [0.25, 0.3) is 0 Å². The van der Waals surface area contributed by atoms with Gasteiger partial charge in [-0.05, 0) is 5.56 Å². The smallest absolute Gasteiger partial charge is 0.408 e. The molecule has 1 aliphatic heterocycles. The van der Waals surface area contributed by atoms with Crippen LogP contribution in [0.15, 0.2) is 35.5 Å². The van der Waals surface area contributed by atoms with Crippen LogP contribution in [0.5, 0.6) is 0 Å². The van der Waals surface area contributed by atoms with Gasteiger partial charge in [-0.2, -0.15) is 8.42 Å². The van der Waals surface area contributed by atoms with E-state index in [-0.39, 0.29) is 40.5 Å². The van der Waals surface area contributed by atoms with Gasteiger partial charge in [-0.15, -0.1) is 0 Å². The van der Waals surface area contributed by atoms with Gasteiger partial charge in [-0.1, -0.05) is 35.5 Å². The zero-order valence-electron chi connectivity index (χ0n) is 13.5. The van der Waals surface area contributed by atoms with Crippen molar-refractivity contribution in [2.24, 2.45) is 5.16 Å². The average molecular weight is 380 g/mol. The summed E-state index contributed by atoms with van der Waals surface area (Å²) in [5.41, 5.74) is 0.740. The van der Waals surface area contributed by atoms with E-state index in [2.05, 4.69) is 15.3 Å². The molecule has 2 N–H and O–H groups in total. The predicted molar refractivity (Wildman–Crippen MR) is 87.0 cm³/mol. The molecule has 1 radical (unpaired) electrons. The van der Waals surface area contributed by atoms with E-state index in [0.717, 1.165) is 11.8 Å². The van der Waals surface area contributed by atoms with Crippen LogP contribution in [0.1, 0.15) is 5.56 Å². The molecule has 0 spiro atoms. The van der Waals surface area contributed by atoms with E-state index in [1.165, 1.54) is 7.11 Å². The summed E-state index contributed by atoms with van der Waals surface area (Å²) in [6, 6.07) is 6.39. The third-order valence-corrected chi connectivity index (χ3v) is 4.07. The molecule has 10 nitrogen and oxygen atoms in total. The van der Waals surface area contributed by atoms with Crippen LogP contribution in [-0.2, 0) is 31.3 Å². The Kier molecular flexibility index (Phi) is 7.83. The number of amides is 2. The molecule has 2 rings (SSSR count). The number of carbonyl (C=O) groups excluding carboxylic acids is 2. The second-order valence-electron chi connectivity index (χ2n) is 4.72. The summed E-state index contributed by atoms with van der Waals surface area (Å²) in [6.45, 7) is -0.0214. The average Bonchev–Trinajstić information content (AvgIpc) is 2.54. The van der Waals surface area contributed by atoms with E-state index >= 15 is 0 Å². The maximum absolute atomic E-state index is 11.8. The van der Waals surface area contributed by atoms with Crippen molar-refractivity contribution in [2.45, 2.75) is 18.7 Å². The normalized spacial score (nSPS) is 19.8. The van der Waals surface area contributed by atoms with Crippen molar-refractivity contribution in [2.75, 3.05) is 7.11 Å². The van der Waals surface area contributed by atoms with Gasteiger partial charge < -0.3 is 14.9 Å². The first-order valence-electron chi connectivity index (χ1n) is 6.69. The Morgan fingerprint density at radius 3 is 2.60 bits per heavy atom. The number of ether oxygens (including phenoxy) is 1. The molecule has 0 saturated carbocycles. The number of benzene rings is 1. The monoisotopic (exact) mass is 380 g/mol. The third kappa shape index (κ3) is 5.41. The van der Waals surface area contributed by atoms with Crippen molar-refractivity contribution in [3.63, 3.8) is 0 Å². The van der Waals surface area contributed by atoms with Gasteiger partial charge in [-0.3, -0.25) is 9.35 Å². The molecule has 0 aromatic heterocycles. The number of hydrogen-bond acceptors (Lipinski definition) is 7. The van der Waals surface area contributed by atoms with E-state index in [1.54, 1.807) is 30.3 Å². The van der Waals surface area contributed by atoms with Crippen molar-refractivity contribution in [3.8, 4) is 0 Å². The number of nitrogens with one attached hydrogen (secondary N) is 1. The fourth-order valence-corrected chi connectivity index (χ4v) is 2.88. The SMILES string of the molecule is CON=C[C@@H]1[C@H](NC(=O)OCc2ccccc2)C(=O)N1S(=O)(=O)O.[Na]. The van der Waals surface area contributed by atoms with E-state index in [9.17, 15) is 18.0 Å². The fraction of sp³-hybridized carbons (Fsp3) is 0.308. The number of carbonyl (C=O) groups is 2. The van der Waals surface area contributed by atoms with E-state index in [1.807, 2.05) is 0 Å². The molecule has 25 heavy (non-hydrogen) atoms. The molecule has 1 aromatic rings. The fourth-order valence-electron chi connectivity index (χ4n) is 2.06. The molecule has 1 aliphatic rings. The van der Waals surface area contributed by atoms with Gasteiger partial charge in [-0.25, -0.2) is 9.10 Å². The number of nitrogens with zero attached hydrogens (tertiary/aromatic N) is 2. The quantitative estimate of drug-likeness (QED) is 0.224. The van der Waals surface area contributed by atoms with Gasteiger partial charge in [0.05, 0.1) is 6.21 Å². The maximum atomic E-state index is 11.8. The minimum Gasteiger partial charge on any atom is -0.445 e. The summed E-state index contributed by atoms with van der Waals surface area (Å²) < 4.78 is 36.4. The first kappa shape index (κ1) is 21.4. The minimum atomic E-state index is -4.77. The molecule has 0 aliphatic carbocycles. The van der Waals surface area contributed by atoms with Crippen LogP contribution in [0.2, 0.25) is 0 Å². The summed E-state index contributed by atoms with van der Waals surface area (Å²) in [6.07, 6.45) is 0.0557. The minimum absolute atomic E-state index is 0. The van der Waals surface area contributed by atoms with Crippen LogP contribution in [0, 0.1) is 0 Å². The van der Waals surface area contributed by atoms with Crippen LogP contribution < -0.4 is 5.32 Å². The number of β-lactam (4-membered cyclic amide) rings is 1. The molecule has 2 amide bonds. The third-order valence-electron chi connectivity index (χ3n) is 3.15. The molecular weight excluding hydrogens is 365 g/mol. The molecule has 1 aromatic carbocycles. The second-order valence-corrected chi connectivity index (χ2v) is 6.01. The van der Waals surface area contributed by atoms with E-state index < -0.39 is 34.4 Å². The van der Waals surface area contributed by atoms with E-state index in [4.69, 9.17) is 9.29 Å². The predicted octanol–water partition coefficient (Wildman–Crippen LogP) is -0.454. The Balaban J connectivity index is 0.00000312. The van der Waals surface area contributed by atoms with Gasteiger partial charge in [0.1, 0.15) is 25.8 Å². The molecule has 1 heterocycles. The topological polar surface area (TPSA) is 135 Å². The van der Waals surface area contributed by atoms with Crippen molar-refractivity contribution in [3.05, 3.63) is 35.9 Å². The summed E-state index contributed by atoms with van der Waals surface area (Å²) in [4.78, 5) is 28.0. The van der Waals surface area contributed by atoms with Crippen LogP contribution in [0.3, 0.4) is 0 Å². The molecule has 1 saturated heterocycles. The van der Waals surface area contributed by atoms with Crippen LogP contribution in [-0.4, -0.2) is 84.2 Å². The zero-order valence-corrected chi connectivity index (χ0v) is 16.3. The first-order valence-corrected chi connectivity index (χ1v) is 8.09. The molecule has 1 fully saturated rings. The summed E-state index contributed by atoms with van der Waals surface area (Å²) in [5, 5.41) is 5.58. The largest absolute Gasteiger partial charge is 0.445 e. The Labute approximate surface area is 166 Å². The molecule has 0 unspecified atom stereocenters. The van der Waals surface area contributed by atoms with Crippen LogP contribution >= 0.6 is 0 Å². The molecular formula is C13H15N3NaO7S. The van der Waals surface area contributed by atoms with Crippen LogP contribution in [0.4, 0.5) is 4.79 Å². The van der Waals surface area contributed by atoms with Crippen molar-refractivity contribution >= 4 is 58.1 Å². The van der Waals surface area contributed by atoms with E-state index in [0.29, 0.717) is 0 Å².